The molecule has 20 heavy (non-hydrogen) atoms. The molecule has 2 aromatic carbocycles. The van der Waals surface area contributed by atoms with Gasteiger partial charge in [0.25, 0.3) is 0 Å². The zero-order chi connectivity index (χ0) is 13.9. The topological polar surface area (TPSA) is 12.5 Å². The molecule has 1 aliphatic rings. The minimum absolute atomic E-state index is 0.0798. The number of hydrogen-bond donors (Lipinski definition) is 0. The molecular weight excluding hydrogens is 270 g/mol. The first-order chi connectivity index (χ1) is 9.72. The van der Waals surface area contributed by atoms with Gasteiger partial charge in [0, 0.05) is 30.1 Å². The normalized spacial score (nSPS) is 19.6. The number of fused-ring (bicyclic) bond motifs is 1. The molecular formula is C17H18ClNO. The Kier molecular flexibility index (Phi) is 3.95. The van der Waals surface area contributed by atoms with Gasteiger partial charge in [-0.25, -0.2) is 0 Å². The summed E-state index contributed by atoms with van der Waals surface area (Å²) in [5.74, 6) is 0.985. The molecule has 0 amide bonds. The first-order valence-electron chi connectivity index (χ1n) is 6.91. The average molecular weight is 288 g/mol. The van der Waals surface area contributed by atoms with Gasteiger partial charge in [0.2, 0.25) is 0 Å². The molecule has 0 bridgehead atoms. The van der Waals surface area contributed by atoms with E-state index in [1.807, 2.05) is 18.2 Å². The Morgan fingerprint density at radius 3 is 2.65 bits per heavy atom. The lowest BCUT2D eigenvalue weighted by Crippen LogP contribution is -2.25. The van der Waals surface area contributed by atoms with Gasteiger partial charge in [0.05, 0.1) is 0 Å². The Morgan fingerprint density at radius 1 is 1.10 bits per heavy atom. The summed E-state index contributed by atoms with van der Waals surface area (Å²) in [5, 5.41) is 0.761. The van der Waals surface area contributed by atoms with Crippen LogP contribution in [-0.2, 0) is 6.54 Å². The smallest absolute Gasteiger partial charge is 0.125 e. The minimum atomic E-state index is 0.0798. The second-order valence-corrected chi connectivity index (χ2v) is 5.73. The van der Waals surface area contributed by atoms with E-state index in [0.29, 0.717) is 0 Å². The molecule has 2 aromatic rings. The number of halogens is 1. The van der Waals surface area contributed by atoms with Crippen molar-refractivity contribution in [3.63, 3.8) is 0 Å². The molecule has 3 heteroatoms. The number of ether oxygens (including phenoxy) is 1. The molecule has 0 aliphatic carbocycles. The maximum atomic E-state index is 6.24. The molecule has 0 aromatic heterocycles. The third kappa shape index (κ3) is 2.97. The van der Waals surface area contributed by atoms with Gasteiger partial charge in [-0.3, -0.25) is 0 Å². The van der Waals surface area contributed by atoms with E-state index in [9.17, 15) is 0 Å². The molecule has 0 saturated heterocycles. The summed E-state index contributed by atoms with van der Waals surface area (Å²) in [6.45, 7) is 1.95. The van der Waals surface area contributed by atoms with E-state index in [1.54, 1.807) is 0 Å². The predicted octanol–water partition coefficient (Wildman–Crippen LogP) is 4.30. The Hall–Kier alpha value is -1.51. The quantitative estimate of drug-likeness (QED) is 0.775. The van der Waals surface area contributed by atoms with E-state index in [4.69, 9.17) is 16.3 Å². The number of nitrogens with zero attached hydrogens (tertiary/aromatic N) is 1. The van der Waals surface area contributed by atoms with Crippen LogP contribution in [0.4, 0.5) is 0 Å². The van der Waals surface area contributed by atoms with E-state index in [2.05, 4.69) is 42.3 Å². The number of hydrogen-bond acceptors (Lipinski definition) is 2. The highest BCUT2D eigenvalue weighted by molar-refractivity contribution is 6.30. The number of benzene rings is 2. The molecule has 0 saturated carbocycles. The molecule has 0 spiro atoms. The highest BCUT2D eigenvalue weighted by atomic mass is 35.5. The van der Waals surface area contributed by atoms with Crippen molar-refractivity contribution in [3.05, 3.63) is 64.7 Å². The van der Waals surface area contributed by atoms with Gasteiger partial charge in [-0.15, -0.1) is 0 Å². The molecule has 0 radical (unpaired) electrons. The van der Waals surface area contributed by atoms with E-state index in [-0.39, 0.29) is 6.10 Å². The Labute approximate surface area is 124 Å². The Bertz CT molecular complexity index is 582. The van der Waals surface area contributed by atoms with Crippen LogP contribution in [0.1, 0.15) is 23.7 Å². The van der Waals surface area contributed by atoms with Crippen LogP contribution in [-0.4, -0.2) is 18.5 Å². The van der Waals surface area contributed by atoms with Crippen molar-refractivity contribution in [2.45, 2.75) is 19.1 Å². The average Bonchev–Trinajstić information content (AvgIpc) is 2.44. The fourth-order valence-corrected chi connectivity index (χ4v) is 2.71. The molecule has 2 nitrogen and oxygen atoms in total. The lowest BCUT2D eigenvalue weighted by molar-refractivity contribution is 0.154. The minimum Gasteiger partial charge on any atom is -0.485 e. The molecule has 3 rings (SSSR count). The van der Waals surface area contributed by atoms with Gasteiger partial charge >= 0.3 is 0 Å². The standard InChI is InChI=1S/C17H18ClNO/c1-19-11-10-17(13-6-8-15(18)9-7-13)20-16-5-3-2-4-14(16)12-19/h2-9,17H,10-12H2,1H3. The Balaban J connectivity index is 1.92. The molecule has 0 fully saturated rings. The first-order valence-corrected chi connectivity index (χ1v) is 7.29. The van der Waals surface area contributed by atoms with Gasteiger partial charge in [-0.05, 0) is 30.8 Å². The summed E-state index contributed by atoms with van der Waals surface area (Å²) in [5.41, 5.74) is 2.42. The van der Waals surface area contributed by atoms with E-state index < -0.39 is 0 Å². The van der Waals surface area contributed by atoms with Crippen molar-refractivity contribution in [3.8, 4) is 5.75 Å². The maximum Gasteiger partial charge on any atom is 0.125 e. The van der Waals surface area contributed by atoms with Crippen LogP contribution in [0, 0.1) is 0 Å². The first kappa shape index (κ1) is 13.5. The van der Waals surface area contributed by atoms with Crippen LogP contribution >= 0.6 is 11.6 Å². The summed E-state index contributed by atoms with van der Waals surface area (Å²) in [4.78, 5) is 2.34. The predicted molar refractivity (Wildman–Crippen MR) is 82.2 cm³/mol. The third-order valence-electron chi connectivity index (χ3n) is 3.70. The molecule has 1 atom stereocenters. The van der Waals surface area contributed by atoms with Crippen molar-refractivity contribution < 1.29 is 4.74 Å². The summed E-state index contributed by atoms with van der Waals surface area (Å²) in [6.07, 6.45) is 1.06. The summed E-state index contributed by atoms with van der Waals surface area (Å²) < 4.78 is 6.24. The summed E-state index contributed by atoms with van der Waals surface area (Å²) in [7, 11) is 2.15. The molecule has 1 aliphatic heterocycles. The fraction of sp³-hybridized carbons (Fsp3) is 0.294. The molecule has 1 heterocycles. The van der Waals surface area contributed by atoms with E-state index >= 15 is 0 Å². The third-order valence-corrected chi connectivity index (χ3v) is 3.95. The summed E-state index contributed by atoms with van der Waals surface area (Å²) >= 11 is 5.96. The highest BCUT2D eigenvalue weighted by Gasteiger charge is 2.19. The largest absolute Gasteiger partial charge is 0.485 e. The zero-order valence-electron chi connectivity index (χ0n) is 11.6. The second kappa shape index (κ2) is 5.86. The van der Waals surface area contributed by atoms with Crippen molar-refractivity contribution in [2.75, 3.05) is 13.6 Å². The van der Waals surface area contributed by atoms with Crippen molar-refractivity contribution in [1.29, 1.82) is 0 Å². The van der Waals surface area contributed by atoms with Crippen molar-refractivity contribution >= 4 is 11.6 Å². The zero-order valence-corrected chi connectivity index (χ0v) is 12.3. The molecule has 0 N–H and O–H groups in total. The molecule has 104 valence electrons. The number of rotatable bonds is 1. The highest BCUT2D eigenvalue weighted by Crippen LogP contribution is 2.31. The monoisotopic (exact) mass is 287 g/mol. The second-order valence-electron chi connectivity index (χ2n) is 5.29. The van der Waals surface area contributed by atoms with Crippen molar-refractivity contribution in [1.82, 2.24) is 4.90 Å². The van der Waals surface area contributed by atoms with Gasteiger partial charge in [0.15, 0.2) is 0 Å². The van der Waals surface area contributed by atoms with Crippen LogP contribution in [0.5, 0.6) is 5.75 Å². The van der Waals surface area contributed by atoms with Gasteiger partial charge in [-0.2, -0.15) is 0 Å². The lowest BCUT2D eigenvalue weighted by Gasteiger charge is -2.28. The fourth-order valence-electron chi connectivity index (χ4n) is 2.58. The van der Waals surface area contributed by atoms with Gasteiger partial charge < -0.3 is 9.64 Å². The Morgan fingerprint density at radius 2 is 1.85 bits per heavy atom. The van der Waals surface area contributed by atoms with Crippen LogP contribution < -0.4 is 4.74 Å². The van der Waals surface area contributed by atoms with Crippen LogP contribution in [0.2, 0.25) is 5.02 Å². The van der Waals surface area contributed by atoms with Gasteiger partial charge in [0.1, 0.15) is 11.9 Å². The van der Waals surface area contributed by atoms with Crippen molar-refractivity contribution in [2.24, 2.45) is 0 Å². The number of para-hydroxylation sites is 1. The van der Waals surface area contributed by atoms with E-state index in [0.717, 1.165) is 30.3 Å². The maximum absolute atomic E-state index is 6.24. The van der Waals surface area contributed by atoms with E-state index in [1.165, 1.54) is 11.1 Å². The summed E-state index contributed by atoms with van der Waals surface area (Å²) in [6, 6.07) is 16.2. The van der Waals surface area contributed by atoms with Crippen LogP contribution in [0.25, 0.3) is 0 Å². The SMILES string of the molecule is CN1CCC(c2ccc(Cl)cc2)Oc2ccccc2C1. The van der Waals surface area contributed by atoms with Crippen LogP contribution in [0.3, 0.4) is 0 Å². The molecule has 1 unspecified atom stereocenters. The lowest BCUT2D eigenvalue weighted by atomic mass is 10.0. The van der Waals surface area contributed by atoms with Crippen LogP contribution in [0.15, 0.2) is 48.5 Å². The van der Waals surface area contributed by atoms with Gasteiger partial charge in [-0.1, -0.05) is 41.9 Å².